The van der Waals surface area contributed by atoms with E-state index in [-0.39, 0.29) is 17.6 Å². The van der Waals surface area contributed by atoms with E-state index in [2.05, 4.69) is 22.0 Å². The summed E-state index contributed by atoms with van der Waals surface area (Å²) < 4.78 is 1.07. The van der Waals surface area contributed by atoms with Gasteiger partial charge >= 0.3 is 0 Å². The Balaban J connectivity index is 1.66. The number of rotatable bonds is 4. The first kappa shape index (κ1) is 15.1. The van der Waals surface area contributed by atoms with E-state index in [9.17, 15) is 9.90 Å². The van der Waals surface area contributed by atoms with E-state index in [1.165, 1.54) is 5.56 Å². The highest BCUT2D eigenvalue weighted by atomic mass is 79.9. The van der Waals surface area contributed by atoms with Gasteiger partial charge in [0.25, 0.3) is 0 Å². The first-order chi connectivity index (χ1) is 10.6. The molecule has 1 amide bonds. The Labute approximate surface area is 138 Å². The molecule has 0 saturated heterocycles. The Morgan fingerprint density at radius 2 is 1.91 bits per heavy atom. The van der Waals surface area contributed by atoms with Crippen molar-refractivity contribution in [1.29, 1.82) is 0 Å². The number of phenols is 1. The fourth-order valence-corrected chi connectivity index (χ4v) is 3.43. The summed E-state index contributed by atoms with van der Waals surface area (Å²) in [7, 11) is 1.80. The van der Waals surface area contributed by atoms with E-state index in [0.29, 0.717) is 12.5 Å². The predicted octanol–water partition coefficient (Wildman–Crippen LogP) is 3.92. The molecule has 0 spiro atoms. The first-order valence-corrected chi connectivity index (χ1v) is 8.13. The van der Waals surface area contributed by atoms with Gasteiger partial charge in [-0.1, -0.05) is 52.3 Å². The predicted molar refractivity (Wildman–Crippen MR) is 89.6 cm³/mol. The average molecular weight is 360 g/mol. The molecule has 0 aromatic heterocycles. The quantitative estimate of drug-likeness (QED) is 0.898. The maximum atomic E-state index is 12.5. The van der Waals surface area contributed by atoms with Crippen LogP contribution in [0.15, 0.2) is 53.0 Å². The molecule has 0 heterocycles. The van der Waals surface area contributed by atoms with Gasteiger partial charge < -0.3 is 10.0 Å². The monoisotopic (exact) mass is 359 g/mol. The van der Waals surface area contributed by atoms with Crippen LogP contribution in [0.4, 0.5) is 0 Å². The molecule has 4 heteroatoms. The maximum Gasteiger partial charge on any atom is 0.226 e. The molecule has 2 atom stereocenters. The topological polar surface area (TPSA) is 40.5 Å². The van der Waals surface area contributed by atoms with Crippen LogP contribution in [0.5, 0.6) is 5.75 Å². The number of aromatic hydroxyl groups is 1. The second-order valence-electron chi connectivity index (χ2n) is 5.79. The zero-order valence-corrected chi connectivity index (χ0v) is 14.0. The zero-order chi connectivity index (χ0) is 15.7. The molecule has 1 aliphatic carbocycles. The number of carbonyl (C=O) groups excluding carboxylic acids is 1. The molecule has 22 heavy (non-hydrogen) atoms. The van der Waals surface area contributed by atoms with Crippen molar-refractivity contribution < 1.29 is 9.90 Å². The van der Waals surface area contributed by atoms with Crippen LogP contribution in [0.2, 0.25) is 0 Å². The summed E-state index contributed by atoms with van der Waals surface area (Å²) in [6, 6.07) is 15.2. The van der Waals surface area contributed by atoms with Crippen molar-refractivity contribution in [2.24, 2.45) is 5.92 Å². The van der Waals surface area contributed by atoms with Crippen LogP contribution in [0.25, 0.3) is 0 Å². The molecule has 3 nitrogen and oxygen atoms in total. The smallest absolute Gasteiger partial charge is 0.226 e. The molecule has 0 unspecified atom stereocenters. The lowest BCUT2D eigenvalue weighted by atomic mass is 10.1. The molecular weight excluding hydrogens is 342 g/mol. The largest absolute Gasteiger partial charge is 0.508 e. The van der Waals surface area contributed by atoms with E-state index < -0.39 is 0 Å². The third-order valence-corrected chi connectivity index (χ3v) is 4.91. The van der Waals surface area contributed by atoms with Gasteiger partial charge in [0.05, 0.1) is 0 Å². The fourth-order valence-electron chi connectivity index (χ4n) is 2.85. The molecule has 0 radical (unpaired) electrons. The van der Waals surface area contributed by atoms with Crippen LogP contribution in [0.3, 0.4) is 0 Å². The van der Waals surface area contributed by atoms with E-state index in [1.54, 1.807) is 24.1 Å². The highest BCUT2D eigenvalue weighted by Crippen LogP contribution is 2.50. The van der Waals surface area contributed by atoms with Crippen molar-refractivity contribution >= 4 is 21.8 Å². The van der Waals surface area contributed by atoms with Gasteiger partial charge in [-0.3, -0.25) is 4.79 Å². The number of carbonyl (C=O) groups is 1. The summed E-state index contributed by atoms with van der Waals surface area (Å²) in [5, 5.41) is 9.82. The van der Waals surface area contributed by atoms with Crippen molar-refractivity contribution in [2.75, 3.05) is 7.05 Å². The first-order valence-electron chi connectivity index (χ1n) is 7.34. The third kappa shape index (κ3) is 3.02. The van der Waals surface area contributed by atoms with E-state index in [4.69, 9.17) is 0 Å². The van der Waals surface area contributed by atoms with Gasteiger partial charge in [-0.15, -0.1) is 0 Å². The van der Waals surface area contributed by atoms with Crippen LogP contribution < -0.4 is 0 Å². The number of benzene rings is 2. The zero-order valence-electron chi connectivity index (χ0n) is 12.4. The van der Waals surface area contributed by atoms with E-state index in [1.807, 2.05) is 30.3 Å². The molecule has 2 aromatic rings. The standard InChI is InChI=1S/C18H18BrNO2/c1-20(11-12-6-2-5-9-17(12)21)18(22)15-10-14(15)13-7-3-4-8-16(13)19/h2-9,14-15,21H,10-11H2,1H3/t14-,15+/m1/s1. The Hall–Kier alpha value is -1.81. The molecule has 1 N–H and O–H groups in total. The Kier molecular flexibility index (Phi) is 4.21. The Morgan fingerprint density at radius 3 is 2.64 bits per heavy atom. The number of amides is 1. The van der Waals surface area contributed by atoms with Crippen molar-refractivity contribution in [2.45, 2.75) is 18.9 Å². The minimum atomic E-state index is 0.0505. The third-order valence-electron chi connectivity index (χ3n) is 4.19. The number of halogens is 1. The Bertz CT molecular complexity index is 697. The number of para-hydroxylation sites is 1. The lowest BCUT2D eigenvalue weighted by molar-refractivity contribution is -0.131. The molecule has 0 bridgehead atoms. The number of phenolic OH excluding ortho intramolecular Hbond substituents is 1. The van der Waals surface area contributed by atoms with Gasteiger partial charge in [-0.2, -0.15) is 0 Å². The minimum absolute atomic E-state index is 0.0505. The fraction of sp³-hybridized carbons (Fsp3) is 0.278. The summed E-state index contributed by atoms with van der Waals surface area (Å²) in [5.74, 6) is 0.730. The summed E-state index contributed by atoms with van der Waals surface area (Å²) >= 11 is 3.56. The molecule has 1 aliphatic rings. The molecule has 1 fully saturated rings. The average Bonchev–Trinajstić information content (AvgIpc) is 3.29. The van der Waals surface area contributed by atoms with E-state index in [0.717, 1.165) is 16.5 Å². The van der Waals surface area contributed by atoms with Crippen molar-refractivity contribution in [3.05, 3.63) is 64.1 Å². The lowest BCUT2D eigenvalue weighted by Gasteiger charge is -2.18. The number of hydrogen-bond acceptors (Lipinski definition) is 2. The van der Waals surface area contributed by atoms with Gasteiger partial charge in [0.1, 0.15) is 5.75 Å². The minimum Gasteiger partial charge on any atom is -0.508 e. The molecule has 3 rings (SSSR count). The normalized spacial score (nSPS) is 19.7. The lowest BCUT2D eigenvalue weighted by Crippen LogP contribution is -2.28. The van der Waals surface area contributed by atoms with Crippen LogP contribution in [-0.4, -0.2) is 23.0 Å². The van der Waals surface area contributed by atoms with Crippen molar-refractivity contribution in [3.8, 4) is 5.75 Å². The highest BCUT2D eigenvalue weighted by molar-refractivity contribution is 9.10. The van der Waals surface area contributed by atoms with Crippen molar-refractivity contribution in [1.82, 2.24) is 4.90 Å². The summed E-state index contributed by atoms with van der Waals surface area (Å²) in [6.45, 7) is 0.435. The summed E-state index contributed by atoms with van der Waals surface area (Å²) in [4.78, 5) is 14.2. The van der Waals surface area contributed by atoms with Gasteiger partial charge in [0, 0.05) is 29.5 Å². The number of nitrogens with zero attached hydrogens (tertiary/aromatic N) is 1. The molecule has 2 aromatic carbocycles. The Morgan fingerprint density at radius 1 is 1.23 bits per heavy atom. The SMILES string of the molecule is CN(Cc1ccccc1O)C(=O)[C@H]1C[C@@H]1c1ccccc1Br. The molecule has 114 valence electrons. The van der Waals surface area contributed by atoms with Crippen LogP contribution in [0, 0.1) is 5.92 Å². The second kappa shape index (κ2) is 6.13. The summed E-state index contributed by atoms with van der Waals surface area (Å²) in [6.07, 6.45) is 0.895. The molecule has 1 saturated carbocycles. The number of hydrogen-bond donors (Lipinski definition) is 1. The van der Waals surface area contributed by atoms with Crippen LogP contribution >= 0.6 is 15.9 Å². The van der Waals surface area contributed by atoms with Gasteiger partial charge in [0.15, 0.2) is 0 Å². The van der Waals surface area contributed by atoms with Crippen LogP contribution in [-0.2, 0) is 11.3 Å². The molecule has 0 aliphatic heterocycles. The van der Waals surface area contributed by atoms with Gasteiger partial charge in [0.2, 0.25) is 5.91 Å². The molecular formula is C18H18BrNO2. The maximum absolute atomic E-state index is 12.5. The summed E-state index contributed by atoms with van der Waals surface area (Å²) in [5.41, 5.74) is 1.98. The van der Waals surface area contributed by atoms with Crippen molar-refractivity contribution in [3.63, 3.8) is 0 Å². The van der Waals surface area contributed by atoms with Gasteiger partial charge in [-0.05, 0) is 30.0 Å². The van der Waals surface area contributed by atoms with Gasteiger partial charge in [-0.25, -0.2) is 0 Å². The second-order valence-corrected chi connectivity index (χ2v) is 6.65. The van der Waals surface area contributed by atoms with E-state index >= 15 is 0 Å². The highest BCUT2D eigenvalue weighted by Gasteiger charge is 2.45. The van der Waals surface area contributed by atoms with Crippen LogP contribution in [0.1, 0.15) is 23.5 Å².